The van der Waals surface area contributed by atoms with Crippen molar-refractivity contribution in [3.05, 3.63) is 21.7 Å². The van der Waals surface area contributed by atoms with Crippen LogP contribution in [0, 0.1) is 12.3 Å². The highest BCUT2D eigenvalue weighted by Crippen LogP contribution is 2.55. The molecule has 0 amide bonds. The van der Waals surface area contributed by atoms with E-state index in [1.165, 1.54) is 0 Å². The number of Topliss-reactive ketones (excluding diaryl/α,β-unsaturated/α-hetero) is 1. The van der Waals surface area contributed by atoms with Crippen molar-refractivity contribution in [3.8, 4) is 0 Å². The maximum absolute atomic E-state index is 14.2. The third kappa shape index (κ3) is 9.18. The van der Waals surface area contributed by atoms with Gasteiger partial charge in [0.2, 0.25) is 0 Å². The van der Waals surface area contributed by atoms with Crippen LogP contribution in [0.5, 0.6) is 0 Å². The van der Waals surface area contributed by atoms with Crippen molar-refractivity contribution in [1.29, 1.82) is 0 Å². The van der Waals surface area contributed by atoms with E-state index < -0.39 is 33.8 Å². The molecule has 5 atom stereocenters. The lowest BCUT2D eigenvalue weighted by atomic mass is 9.62. The molecule has 0 saturated carbocycles. The molecule has 7 nitrogen and oxygen atoms in total. The van der Waals surface area contributed by atoms with Crippen molar-refractivity contribution in [2.45, 2.75) is 194 Å². The maximum Gasteiger partial charge on any atom is 0.309 e. The monoisotopic (exact) mass is 720 g/mol. The van der Waals surface area contributed by atoms with Crippen LogP contribution in [-0.4, -0.2) is 62.8 Å². The summed E-state index contributed by atoms with van der Waals surface area (Å²) in [5.41, 5.74) is 0.243. The average molecular weight is 721 g/mol. The van der Waals surface area contributed by atoms with E-state index in [4.69, 9.17) is 18.6 Å². The smallest absolute Gasteiger partial charge is 0.309 e. The van der Waals surface area contributed by atoms with Gasteiger partial charge in [-0.2, -0.15) is 0 Å². The topological polar surface area (TPSA) is 96.7 Å². The predicted octanol–water partition coefficient (Wildman–Crippen LogP) is 10.0. The third-order valence-electron chi connectivity index (χ3n) is 12.9. The molecule has 48 heavy (non-hydrogen) atoms. The molecular formula is C38H68N2O5SSi2. The van der Waals surface area contributed by atoms with Crippen LogP contribution in [0.15, 0.2) is 11.0 Å². The Morgan fingerprint density at radius 3 is 1.94 bits per heavy atom. The van der Waals surface area contributed by atoms with E-state index in [9.17, 15) is 9.59 Å². The van der Waals surface area contributed by atoms with E-state index in [1.54, 1.807) is 11.3 Å². The second-order valence-corrected chi connectivity index (χ2v) is 26.1. The average Bonchev–Trinajstić information content (AvgIpc) is 3.56. The highest BCUT2D eigenvalue weighted by atomic mass is 32.1. The number of esters is 1. The van der Waals surface area contributed by atoms with Gasteiger partial charge in [0.15, 0.2) is 16.6 Å². The summed E-state index contributed by atoms with van der Waals surface area (Å²) in [6.07, 6.45) is 6.18. The molecule has 0 bridgehead atoms. The summed E-state index contributed by atoms with van der Waals surface area (Å²) in [6, 6.07) is 6.36. The number of thiazole rings is 1. The van der Waals surface area contributed by atoms with Crippen LogP contribution in [0.4, 0.5) is 0 Å². The summed E-state index contributed by atoms with van der Waals surface area (Å²) < 4.78 is 20.6. The molecular weight excluding hydrogens is 653 g/mol. The molecule has 2 aliphatic heterocycles. The molecule has 0 aromatic carbocycles. The number of ketones is 1. The Labute approximate surface area is 299 Å². The molecule has 1 aromatic heterocycles. The van der Waals surface area contributed by atoms with Crippen molar-refractivity contribution in [3.63, 3.8) is 0 Å². The minimum atomic E-state index is -2.12. The molecule has 2 saturated heterocycles. The Hall–Kier alpha value is -1.18. The van der Waals surface area contributed by atoms with Gasteiger partial charge in [-0.15, -0.1) is 11.3 Å². The second kappa shape index (κ2) is 16.9. The standard InChI is InChI=1S/C38H68N2O5SSi2/c1-13-47(14-2,15-3)44-32-21-19-20-22-34-37(11,40-34)36(9,10)38(12,28(7)23-30-27-46-29(8)39-30)43-35(42)26-33(25-31(41)24-32)45-48(16-4,17-5)18-6/h23,27,32-34,40H,13-22,24-26H2,1-12H3. The van der Waals surface area contributed by atoms with Gasteiger partial charge in [0.1, 0.15) is 11.4 Å². The normalized spacial score (nSPS) is 29.8. The number of rotatable bonds is 12. The minimum absolute atomic E-state index is 0.0614. The molecule has 3 rings (SSSR count). The Morgan fingerprint density at radius 2 is 1.42 bits per heavy atom. The first kappa shape index (κ1) is 41.2. The number of hydrogen-bond donors (Lipinski definition) is 1. The number of ether oxygens (including phenoxy) is 1. The van der Waals surface area contributed by atoms with Crippen LogP contribution < -0.4 is 5.32 Å². The highest BCUT2D eigenvalue weighted by molar-refractivity contribution is 7.09. The maximum atomic E-state index is 14.2. The summed E-state index contributed by atoms with van der Waals surface area (Å²) in [4.78, 5) is 32.9. The first-order valence-electron chi connectivity index (χ1n) is 19.0. The fourth-order valence-corrected chi connectivity index (χ4v) is 14.5. The number of hydrogen-bond acceptors (Lipinski definition) is 8. The van der Waals surface area contributed by atoms with Crippen molar-refractivity contribution in [2.24, 2.45) is 5.41 Å². The van der Waals surface area contributed by atoms with Gasteiger partial charge >= 0.3 is 5.97 Å². The zero-order valence-electron chi connectivity index (χ0n) is 32.5. The molecule has 1 aromatic rings. The fraction of sp³-hybridized carbons (Fsp3) is 0.816. The van der Waals surface area contributed by atoms with Crippen molar-refractivity contribution in [1.82, 2.24) is 10.3 Å². The molecule has 10 heteroatoms. The van der Waals surface area contributed by atoms with E-state index in [2.05, 4.69) is 92.9 Å². The van der Waals surface area contributed by atoms with Crippen LogP contribution in [0.2, 0.25) is 36.3 Å². The molecule has 1 N–H and O–H groups in total. The van der Waals surface area contributed by atoms with E-state index in [-0.39, 0.29) is 36.2 Å². The van der Waals surface area contributed by atoms with Crippen LogP contribution in [0.1, 0.15) is 132 Å². The summed E-state index contributed by atoms with van der Waals surface area (Å²) >= 11 is 1.62. The zero-order chi connectivity index (χ0) is 36.0. The minimum Gasteiger partial charge on any atom is -0.454 e. The molecule has 0 spiro atoms. The third-order valence-corrected chi connectivity index (χ3v) is 23.1. The first-order valence-corrected chi connectivity index (χ1v) is 24.9. The summed E-state index contributed by atoms with van der Waals surface area (Å²) in [5.74, 6) is -0.177. The predicted molar refractivity (Wildman–Crippen MR) is 206 cm³/mol. The first-order chi connectivity index (χ1) is 22.5. The van der Waals surface area contributed by atoms with Crippen LogP contribution in [0.3, 0.4) is 0 Å². The number of aromatic nitrogens is 1. The number of fused-ring (bicyclic) bond motifs is 1. The number of nitrogens with zero attached hydrogens (tertiary/aromatic N) is 1. The van der Waals surface area contributed by atoms with Crippen molar-refractivity contribution in [2.75, 3.05) is 0 Å². The molecule has 5 unspecified atom stereocenters. The summed E-state index contributed by atoms with van der Waals surface area (Å²) in [7, 11) is -4.03. The Kier molecular flexibility index (Phi) is 14.5. The second-order valence-electron chi connectivity index (χ2n) is 15.6. The van der Waals surface area contributed by atoms with Crippen LogP contribution in [-0.2, 0) is 23.2 Å². The summed E-state index contributed by atoms with van der Waals surface area (Å²) in [5, 5.41) is 6.90. The lowest BCUT2D eigenvalue weighted by molar-refractivity contribution is -0.169. The van der Waals surface area contributed by atoms with E-state index >= 15 is 0 Å². The van der Waals surface area contributed by atoms with E-state index in [1.807, 2.05) is 6.92 Å². The van der Waals surface area contributed by atoms with Gasteiger partial charge < -0.3 is 18.9 Å². The van der Waals surface area contributed by atoms with Gasteiger partial charge in [0, 0.05) is 35.2 Å². The van der Waals surface area contributed by atoms with Gasteiger partial charge in [-0.1, -0.05) is 68.2 Å². The van der Waals surface area contributed by atoms with Crippen LogP contribution in [0.25, 0.3) is 6.08 Å². The number of nitrogens with one attached hydrogen (secondary N) is 1. The number of carbonyl (C=O) groups excluding carboxylic acids is 2. The SMILES string of the molecule is CC[Si](CC)(CC)OC1CCCCC2NC2(C)C(C)(C)C(C)(C(C)=Cc2csc(C)n2)OC(=O)CC(O[Si](CC)(CC)CC)CC(=O)C1. The summed E-state index contributed by atoms with van der Waals surface area (Å²) in [6.45, 7) is 26.2. The molecule has 2 aliphatic rings. The number of carbonyl (C=O) groups is 2. The van der Waals surface area contributed by atoms with Gasteiger partial charge in [-0.3, -0.25) is 9.59 Å². The number of aryl methyl sites for hydroxylation is 1. The molecule has 0 radical (unpaired) electrons. The Morgan fingerprint density at radius 1 is 0.896 bits per heavy atom. The quantitative estimate of drug-likeness (QED) is 0.130. The van der Waals surface area contributed by atoms with E-state index in [0.29, 0.717) is 12.5 Å². The Bertz CT molecular complexity index is 1240. The molecule has 3 heterocycles. The van der Waals surface area contributed by atoms with Crippen LogP contribution >= 0.6 is 11.3 Å². The Balaban J connectivity index is 2.04. The highest BCUT2D eigenvalue weighted by Gasteiger charge is 2.66. The van der Waals surface area contributed by atoms with E-state index in [0.717, 1.165) is 78.2 Å². The lowest BCUT2D eigenvalue weighted by Gasteiger charge is -2.48. The molecule has 0 aliphatic carbocycles. The zero-order valence-corrected chi connectivity index (χ0v) is 35.3. The number of cyclic esters (lactones) is 1. The molecule has 2 fully saturated rings. The van der Waals surface area contributed by atoms with Gasteiger partial charge in [-0.25, -0.2) is 4.98 Å². The van der Waals surface area contributed by atoms with Crippen molar-refractivity contribution < 1.29 is 23.2 Å². The van der Waals surface area contributed by atoms with Crippen molar-refractivity contribution >= 4 is 45.8 Å². The van der Waals surface area contributed by atoms with Gasteiger partial charge in [-0.05, 0) is 88.5 Å². The lowest BCUT2D eigenvalue weighted by Crippen LogP contribution is -2.55. The largest absolute Gasteiger partial charge is 0.454 e. The molecule has 274 valence electrons. The van der Waals surface area contributed by atoms with Gasteiger partial charge in [0.25, 0.3) is 0 Å². The van der Waals surface area contributed by atoms with Gasteiger partial charge in [0.05, 0.1) is 29.3 Å². The fourth-order valence-electron chi connectivity index (χ4n) is 8.13.